The third-order valence-corrected chi connectivity index (χ3v) is 4.89. The molecule has 0 saturated heterocycles. The second kappa shape index (κ2) is 7.85. The predicted octanol–water partition coefficient (Wildman–Crippen LogP) is 3.16. The molecule has 25 heavy (non-hydrogen) atoms. The number of hydrogen-bond donors (Lipinski definition) is 2. The lowest BCUT2D eigenvalue weighted by Gasteiger charge is -2.13. The first-order valence-corrected chi connectivity index (χ1v) is 9.05. The van der Waals surface area contributed by atoms with Crippen molar-refractivity contribution in [2.45, 2.75) is 18.2 Å². The summed E-state index contributed by atoms with van der Waals surface area (Å²) in [4.78, 5) is 10.6. The summed E-state index contributed by atoms with van der Waals surface area (Å²) < 4.78 is 33.1. The maximum Gasteiger partial charge on any atom is 0.328 e. The lowest BCUT2D eigenvalue weighted by atomic mass is 10.1. The van der Waals surface area contributed by atoms with Crippen molar-refractivity contribution in [2.75, 3.05) is 11.8 Å². The Hall–Kier alpha value is -2.80. The van der Waals surface area contributed by atoms with Gasteiger partial charge in [-0.25, -0.2) is 13.2 Å². The summed E-state index contributed by atoms with van der Waals surface area (Å²) >= 11 is 0. The predicted molar refractivity (Wildman–Crippen MR) is 96.3 cm³/mol. The van der Waals surface area contributed by atoms with Crippen LogP contribution in [0.4, 0.5) is 5.69 Å². The zero-order valence-corrected chi connectivity index (χ0v) is 14.7. The van der Waals surface area contributed by atoms with E-state index in [1.165, 1.54) is 25.3 Å². The molecule has 0 radical (unpaired) electrons. The van der Waals surface area contributed by atoms with Gasteiger partial charge in [0, 0.05) is 11.8 Å². The topological polar surface area (TPSA) is 92.7 Å². The van der Waals surface area contributed by atoms with Crippen LogP contribution in [0.25, 0.3) is 6.08 Å². The summed E-state index contributed by atoms with van der Waals surface area (Å²) in [6.45, 7) is 1.98. The van der Waals surface area contributed by atoms with Gasteiger partial charge in [0.1, 0.15) is 10.6 Å². The molecule has 0 heterocycles. The maximum absolute atomic E-state index is 12.7. The van der Waals surface area contributed by atoms with Crippen molar-refractivity contribution in [2.24, 2.45) is 0 Å². The van der Waals surface area contributed by atoms with Crippen LogP contribution in [0, 0.1) is 0 Å². The van der Waals surface area contributed by atoms with E-state index >= 15 is 0 Å². The minimum Gasteiger partial charge on any atom is -0.495 e. The quantitative estimate of drug-likeness (QED) is 0.739. The number of anilines is 1. The van der Waals surface area contributed by atoms with Crippen molar-refractivity contribution in [3.05, 3.63) is 59.7 Å². The maximum atomic E-state index is 12.7. The number of carboxylic acids is 1. The van der Waals surface area contributed by atoms with Gasteiger partial charge < -0.3 is 9.84 Å². The average molecular weight is 361 g/mol. The molecule has 0 atom stereocenters. The molecule has 0 aliphatic carbocycles. The van der Waals surface area contributed by atoms with Crippen LogP contribution in [0.5, 0.6) is 5.75 Å². The number of ether oxygens (including phenoxy) is 1. The molecule has 0 amide bonds. The Morgan fingerprint density at radius 2 is 2.00 bits per heavy atom. The Bertz CT molecular complexity index is 903. The number of methoxy groups -OCH3 is 1. The number of carbonyl (C=O) groups is 1. The van der Waals surface area contributed by atoms with Gasteiger partial charge >= 0.3 is 5.97 Å². The summed E-state index contributed by atoms with van der Waals surface area (Å²) in [5.74, 6) is -0.943. The van der Waals surface area contributed by atoms with E-state index in [0.717, 1.165) is 18.1 Å². The highest BCUT2D eigenvalue weighted by molar-refractivity contribution is 7.92. The molecule has 2 rings (SSSR count). The number of aryl methyl sites for hydroxylation is 1. The van der Waals surface area contributed by atoms with Gasteiger partial charge in [-0.2, -0.15) is 0 Å². The van der Waals surface area contributed by atoms with Crippen LogP contribution < -0.4 is 9.46 Å². The van der Waals surface area contributed by atoms with Gasteiger partial charge in [-0.1, -0.05) is 25.1 Å². The van der Waals surface area contributed by atoms with E-state index in [4.69, 9.17) is 9.84 Å². The van der Waals surface area contributed by atoms with E-state index in [2.05, 4.69) is 4.72 Å². The molecule has 0 spiro atoms. The van der Waals surface area contributed by atoms with Gasteiger partial charge in [-0.15, -0.1) is 0 Å². The number of carboxylic acid groups (broad SMARTS) is 1. The molecule has 0 aliphatic heterocycles. The molecule has 132 valence electrons. The highest BCUT2D eigenvalue weighted by Crippen LogP contribution is 2.27. The molecular weight excluding hydrogens is 342 g/mol. The van der Waals surface area contributed by atoms with E-state index in [1.54, 1.807) is 24.3 Å². The number of hydrogen-bond acceptors (Lipinski definition) is 4. The van der Waals surface area contributed by atoms with E-state index in [1.807, 2.05) is 13.0 Å². The Labute approximate surface area is 146 Å². The lowest BCUT2D eigenvalue weighted by Crippen LogP contribution is -2.14. The molecule has 0 saturated carbocycles. The number of aliphatic carboxylic acids is 1. The van der Waals surface area contributed by atoms with Crippen LogP contribution in [0.1, 0.15) is 18.1 Å². The van der Waals surface area contributed by atoms with Crippen molar-refractivity contribution in [3.63, 3.8) is 0 Å². The third-order valence-electron chi connectivity index (χ3n) is 3.48. The highest BCUT2D eigenvalue weighted by Gasteiger charge is 2.20. The van der Waals surface area contributed by atoms with Crippen molar-refractivity contribution in [1.29, 1.82) is 0 Å². The van der Waals surface area contributed by atoms with E-state index in [-0.39, 0.29) is 10.6 Å². The second-order valence-corrected chi connectivity index (χ2v) is 6.89. The molecule has 0 fully saturated rings. The standard InChI is InChI=1S/C18H19NO5S/c1-3-13-5-4-6-15(11-13)19-25(22,23)17-12-14(8-10-18(20)21)7-9-16(17)24-2/h4-12,19H,3H2,1-2H3,(H,20,21)/b10-8+. The number of sulfonamides is 1. The molecule has 0 aromatic heterocycles. The summed E-state index contributed by atoms with van der Waals surface area (Å²) in [5.41, 5.74) is 1.89. The van der Waals surface area contributed by atoms with Crippen LogP contribution in [0.3, 0.4) is 0 Å². The monoisotopic (exact) mass is 361 g/mol. The van der Waals surface area contributed by atoms with Gasteiger partial charge in [0.05, 0.1) is 7.11 Å². The van der Waals surface area contributed by atoms with Crippen LogP contribution in [-0.4, -0.2) is 26.6 Å². The second-order valence-electron chi connectivity index (χ2n) is 5.24. The molecule has 0 aliphatic rings. The normalized spacial score (nSPS) is 11.4. The van der Waals surface area contributed by atoms with Crippen molar-refractivity contribution < 1.29 is 23.1 Å². The zero-order chi connectivity index (χ0) is 18.4. The molecule has 7 heteroatoms. The van der Waals surface area contributed by atoms with Gasteiger partial charge in [-0.3, -0.25) is 4.72 Å². The van der Waals surface area contributed by atoms with Gasteiger partial charge in [-0.05, 0) is 47.9 Å². The fraction of sp³-hybridized carbons (Fsp3) is 0.167. The van der Waals surface area contributed by atoms with Crippen molar-refractivity contribution in [1.82, 2.24) is 0 Å². The zero-order valence-electron chi connectivity index (χ0n) is 13.9. The lowest BCUT2D eigenvalue weighted by molar-refractivity contribution is -0.131. The van der Waals surface area contributed by atoms with Crippen LogP contribution in [0.2, 0.25) is 0 Å². The highest BCUT2D eigenvalue weighted by atomic mass is 32.2. The SMILES string of the molecule is CCc1cccc(NS(=O)(=O)c2cc(/C=C/C(=O)O)ccc2OC)c1. The largest absolute Gasteiger partial charge is 0.495 e. The van der Waals surface area contributed by atoms with Gasteiger partial charge in [0.25, 0.3) is 10.0 Å². The van der Waals surface area contributed by atoms with E-state index in [0.29, 0.717) is 11.3 Å². The van der Waals surface area contributed by atoms with E-state index < -0.39 is 16.0 Å². The van der Waals surface area contributed by atoms with Crippen molar-refractivity contribution >= 4 is 27.8 Å². The molecule has 0 bridgehead atoms. The number of nitrogens with one attached hydrogen (secondary N) is 1. The van der Waals surface area contributed by atoms with Crippen LogP contribution in [0.15, 0.2) is 53.4 Å². The summed E-state index contributed by atoms with van der Waals surface area (Å²) in [6, 6.07) is 11.5. The Kier molecular flexibility index (Phi) is 5.82. The number of rotatable bonds is 7. The fourth-order valence-corrected chi connectivity index (χ4v) is 3.49. The smallest absolute Gasteiger partial charge is 0.328 e. The minimum atomic E-state index is -3.90. The average Bonchev–Trinajstić information content (AvgIpc) is 2.59. The minimum absolute atomic E-state index is 0.0653. The molecule has 2 N–H and O–H groups in total. The summed E-state index contributed by atoms with van der Waals surface area (Å²) in [7, 11) is -2.52. The van der Waals surface area contributed by atoms with Crippen LogP contribution in [-0.2, 0) is 21.2 Å². The Morgan fingerprint density at radius 3 is 2.64 bits per heavy atom. The van der Waals surface area contributed by atoms with E-state index in [9.17, 15) is 13.2 Å². The Balaban J connectivity index is 2.42. The first-order chi connectivity index (χ1) is 11.9. The first kappa shape index (κ1) is 18.5. The Morgan fingerprint density at radius 1 is 1.24 bits per heavy atom. The number of benzene rings is 2. The molecule has 2 aromatic rings. The van der Waals surface area contributed by atoms with Crippen molar-refractivity contribution in [3.8, 4) is 5.75 Å². The summed E-state index contributed by atoms with van der Waals surface area (Å²) in [6.07, 6.45) is 3.04. The molecule has 2 aromatic carbocycles. The molecular formula is C18H19NO5S. The fourth-order valence-electron chi connectivity index (χ4n) is 2.24. The van der Waals surface area contributed by atoms with Gasteiger partial charge in [0.2, 0.25) is 0 Å². The third kappa shape index (κ3) is 4.84. The summed E-state index contributed by atoms with van der Waals surface area (Å²) in [5, 5.41) is 8.71. The molecule has 0 unspecified atom stereocenters. The van der Waals surface area contributed by atoms with Crippen LogP contribution >= 0.6 is 0 Å². The first-order valence-electron chi connectivity index (χ1n) is 7.56. The molecule has 6 nitrogen and oxygen atoms in total. The van der Waals surface area contributed by atoms with Gasteiger partial charge in [0.15, 0.2) is 0 Å².